The van der Waals surface area contributed by atoms with E-state index < -0.39 is 9.84 Å². The molecule has 0 aliphatic rings. The molecule has 0 saturated heterocycles. The van der Waals surface area contributed by atoms with Crippen molar-refractivity contribution in [2.24, 2.45) is 10.2 Å². The van der Waals surface area contributed by atoms with Gasteiger partial charge in [0.25, 0.3) is 0 Å². The van der Waals surface area contributed by atoms with Crippen LogP contribution in [-0.2, 0) is 9.84 Å². The maximum atomic E-state index is 11.6. The third-order valence-electron chi connectivity index (χ3n) is 2.10. The number of rotatable bonds is 4. The van der Waals surface area contributed by atoms with Crippen LogP contribution in [0.5, 0.6) is 0 Å². The van der Waals surface area contributed by atoms with E-state index in [2.05, 4.69) is 10.2 Å². The van der Waals surface area contributed by atoms with Crippen molar-refractivity contribution < 1.29 is 13.5 Å². The molecular formula is C10H14N2O3S. The first-order valence-corrected chi connectivity index (χ1v) is 6.40. The maximum absolute atomic E-state index is 11.6. The summed E-state index contributed by atoms with van der Waals surface area (Å²) in [5, 5.41) is 16.1. The highest BCUT2D eigenvalue weighted by Crippen LogP contribution is 2.22. The van der Waals surface area contributed by atoms with Crippen LogP contribution in [0.25, 0.3) is 0 Å². The molecule has 0 spiro atoms. The molecule has 1 aromatic carbocycles. The average molecular weight is 242 g/mol. The van der Waals surface area contributed by atoms with Crippen LogP contribution >= 0.6 is 0 Å². The van der Waals surface area contributed by atoms with E-state index in [1.165, 1.54) is 12.1 Å². The lowest BCUT2D eigenvalue weighted by Gasteiger charge is -2.05. The number of azo groups is 1. The fourth-order valence-electron chi connectivity index (χ4n) is 1.28. The highest BCUT2D eigenvalue weighted by molar-refractivity contribution is 7.91. The van der Waals surface area contributed by atoms with Gasteiger partial charge in [0.05, 0.1) is 22.9 Å². The molecule has 0 aromatic heterocycles. The standard InChI is InChI=1S/C10H14N2O3S/c1-8-7-9(16(14,15)6-5-13)3-4-10(8)12-11-2/h3-4,7,13H,5-6H2,1-2H3. The molecule has 5 nitrogen and oxygen atoms in total. The van der Waals surface area contributed by atoms with E-state index >= 15 is 0 Å². The summed E-state index contributed by atoms with van der Waals surface area (Å²) in [5.74, 6) is -0.263. The number of aliphatic hydroxyl groups excluding tert-OH is 1. The second-order valence-corrected chi connectivity index (χ2v) is 5.40. The van der Waals surface area contributed by atoms with E-state index in [0.717, 1.165) is 5.56 Å². The van der Waals surface area contributed by atoms with Gasteiger partial charge < -0.3 is 5.11 Å². The Balaban J connectivity index is 3.16. The number of benzene rings is 1. The molecule has 1 aromatic rings. The quantitative estimate of drug-likeness (QED) is 0.812. The maximum Gasteiger partial charge on any atom is 0.180 e. The van der Waals surface area contributed by atoms with Gasteiger partial charge in [0.1, 0.15) is 0 Å². The van der Waals surface area contributed by atoms with Crippen LogP contribution in [-0.4, -0.2) is 32.9 Å². The molecule has 0 radical (unpaired) electrons. The minimum Gasteiger partial charge on any atom is -0.395 e. The highest BCUT2D eigenvalue weighted by atomic mass is 32.2. The summed E-state index contributed by atoms with van der Waals surface area (Å²) < 4.78 is 23.3. The third-order valence-corrected chi connectivity index (χ3v) is 3.79. The van der Waals surface area contributed by atoms with E-state index in [1.807, 2.05) is 0 Å². The number of aliphatic hydroxyl groups is 1. The van der Waals surface area contributed by atoms with Crippen LogP contribution in [0.15, 0.2) is 33.3 Å². The van der Waals surface area contributed by atoms with Crippen LogP contribution in [0.2, 0.25) is 0 Å². The molecule has 6 heteroatoms. The summed E-state index contributed by atoms with van der Waals surface area (Å²) in [6.45, 7) is 1.39. The highest BCUT2D eigenvalue weighted by Gasteiger charge is 2.14. The number of sulfone groups is 1. The van der Waals surface area contributed by atoms with Crippen molar-refractivity contribution in [2.45, 2.75) is 11.8 Å². The van der Waals surface area contributed by atoms with E-state index in [9.17, 15) is 8.42 Å². The average Bonchev–Trinajstić information content (AvgIpc) is 2.21. The molecule has 0 atom stereocenters. The van der Waals surface area contributed by atoms with E-state index in [4.69, 9.17) is 5.11 Å². The molecule has 1 N–H and O–H groups in total. The van der Waals surface area contributed by atoms with Crippen molar-refractivity contribution in [1.82, 2.24) is 0 Å². The molecule has 0 fully saturated rings. The molecule has 16 heavy (non-hydrogen) atoms. The first-order valence-electron chi connectivity index (χ1n) is 4.75. The summed E-state index contributed by atoms with van der Waals surface area (Å²) in [6.07, 6.45) is 0. The predicted octanol–water partition coefficient (Wildman–Crippen LogP) is 1.47. The molecule has 88 valence electrons. The Morgan fingerprint density at radius 3 is 2.56 bits per heavy atom. The van der Waals surface area contributed by atoms with Crippen LogP contribution in [0, 0.1) is 6.92 Å². The van der Waals surface area contributed by atoms with Crippen molar-refractivity contribution in [1.29, 1.82) is 0 Å². The van der Waals surface area contributed by atoms with Crippen LogP contribution in [0.3, 0.4) is 0 Å². The Kier molecular flexibility index (Phi) is 4.14. The van der Waals surface area contributed by atoms with Gasteiger partial charge >= 0.3 is 0 Å². The zero-order chi connectivity index (χ0) is 12.2. The van der Waals surface area contributed by atoms with Gasteiger partial charge in [-0.05, 0) is 30.7 Å². The SMILES string of the molecule is CN=Nc1ccc(S(=O)(=O)CCO)cc1C. The van der Waals surface area contributed by atoms with Crippen LogP contribution < -0.4 is 0 Å². The molecule has 0 unspecified atom stereocenters. The van der Waals surface area contributed by atoms with Gasteiger partial charge in [-0.2, -0.15) is 10.2 Å². The van der Waals surface area contributed by atoms with Crippen LogP contribution in [0.4, 0.5) is 5.69 Å². The Labute approximate surface area is 94.8 Å². The fourth-order valence-corrected chi connectivity index (χ4v) is 2.39. The summed E-state index contributed by atoms with van der Waals surface area (Å²) >= 11 is 0. The minimum atomic E-state index is -3.39. The largest absolute Gasteiger partial charge is 0.395 e. The summed E-state index contributed by atoms with van der Waals surface area (Å²) in [6, 6.07) is 4.61. The lowest BCUT2D eigenvalue weighted by Crippen LogP contribution is -2.10. The zero-order valence-electron chi connectivity index (χ0n) is 9.21. The zero-order valence-corrected chi connectivity index (χ0v) is 10.0. The normalized spacial score (nSPS) is 12.2. The smallest absolute Gasteiger partial charge is 0.180 e. The van der Waals surface area contributed by atoms with Gasteiger partial charge in [0.2, 0.25) is 0 Å². The van der Waals surface area contributed by atoms with Gasteiger partial charge in [-0.15, -0.1) is 0 Å². The number of nitrogens with zero attached hydrogens (tertiary/aromatic N) is 2. The predicted molar refractivity (Wildman–Crippen MR) is 60.8 cm³/mol. The Morgan fingerprint density at radius 1 is 1.38 bits per heavy atom. The van der Waals surface area contributed by atoms with Crippen molar-refractivity contribution in [2.75, 3.05) is 19.4 Å². The third kappa shape index (κ3) is 2.86. The summed E-state index contributed by atoms with van der Waals surface area (Å²) in [4.78, 5) is 0.203. The molecule has 0 saturated carbocycles. The lowest BCUT2D eigenvalue weighted by molar-refractivity contribution is 0.319. The lowest BCUT2D eigenvalue weighted by atomic mass is 10.2. The molecule has 1 rings (SSSR count). The molecule has 0 aliphatic heterocycles. The molecule has 0 bridgehead atoms. The number of aryl methyl sites for hydroxylation is 1. The first-order chi connectivity index (χ1) is 7.51. The van der Waals surface area contributed by atoms with Gasteiger partial charge in [-0.3, -0.25) is 0 Å². The van der Waals surface area contributed by atoms with Crippen molar-refractivity contribution in [3.63, 3.8) is 0 Å². The topological polar surface area (TPSA) is 79.1 Å². The minimum absolute atomic E-state index is 0.203. The van der Waals surface area contributed by atoms with Crippen molar-refractivity contribution in [3.8, 4) is 0 Å². The van der Waals surface area contributed by atoms with Crippen LogP contribution in [0.1, 0.15) is 5.56 Å². The Hall–Kier alpha value is -1.27. The van der Waals surface area contributed by atoms with E-state index in [-0.39, 0.29) is 17.3 Å². The molecule has 0 aliphatic carbocycles. The van der Waals surface area contributed by atoms with Crippen molar-refractivity contribution in [3.05, 3.63) is 23.8 Å². The second-order valence-electron chi connectivity index (χ2n) is 3.29. The molecule has 0 heterocycles. The van der Waals surface area contributed by atoms with Gasteiger partial charge in [0.15, 0.2) is 9.84 Å². The monoisotopic (exact) mass is 242 g/mol. The number of hydrogen-bond acceptors (Lipinski definition) is 5. The summed E-state index contributed by atoms with van der Waals surface area (Å²) in [7, 11) is -1.84. The van der Waals surface area contributed by atoms with E-state index in [1.54, 1.807) is 20.0 Å². The fraction of sp³-hybridized carbons (Fsp3) is 0.400. The second kappa shape index (κ2) is 5.18. The van der Waals surface area contributed by atoms with Gasteiger partial charge in [-0.1, -0.05) is 0 Å². The Bertz CT molecular complexity index is 495. The van der Waals surface area contributed by atoms with E-state index in [0.29, 0.717) is 5.69 Å². The first kappa shape index (κ1) is 12.8. The van der Waals surface area contributed by atoms with Crippen molar-refractivity contribution >= 4 is 15.5 Å². The number of hydrogen-bond donors (Lipinski definition) is 1. The van der Waals surface area contributed by atoms with Gasteiger partial charge in [-0.25, -0.2) is 8.42 Å². The summed E-state index contributed by atoms with van der Waals surface area (Å²) in [5.41, 5.74) is 1.38. The molecule has 0 amide bonds. The Morgan fingerprint density at radius 2 is 2.06 bits per heavy atom. The van der Waals surface area contributed by atoms with Gasteiger partial charge in [0, 0.05) is 7.05 Å². The molecular weight excluding hydrogens is 228 g/mol.